The molecule has 0 aromatic carbocycles. The number of carbonyl (C=O) groups is 2. The maximum atomic E-state index is 13.4. The number of nitrogens with one attached hydrogen (secondary N) is 1. The van der Waals surface area contributed by atoms with Crippen LogP contribution >= 0.6 is 0 Å². The van der Waals surface area contributed by atoms with Gasteiger partial charge in [-0.25, -0.2) is 4.79 Å². The van der Waals surface area contributed by atoms with Crippen LogP contribution in [0.15, 0.2) is 48.6 Å². The van der Waals surface area contributed by atoms with E-state index in [-0.39, 0.29) is 31.3 Å². The lowest BCUT2D eigenvalue weighted by Gasteiger charge is -2.54. The first kappa shape index (κ1) is 36.1. The van der Waals surface area contributed by atoms with Gasteiger partial charge in [-0.1, -0.05) is 63.3 Å². The summed E-state index contributed by atoms with van der Waals surface area (Å²) >= 11 is 0. The fourth-order valence-electron chi connectivity index (χ4n) is 6.00. The minimum atomic E-state index is -1.67. The molecule has 0 aromatic heterocycles. The minimum Gasteiger partial charge on any atom is -0.478 e. The molecule has 12 nitrogen and oxygen atoms in total. The van der Waals surface area contributed by atoms with Crippen LogP contribution in [0.2, 0.25) is 0 Å². The number of ether oxygens (including phenoxy) is 7. The fraction of sp³-hybridized carbons (Fsp3) is 0.688. The Morgan fingerprint density at radius 1 is 1.14 bits per heavy atom. The van der Waals surface area contributed by atoms with Gasteiger partial charge < -0.3 is 48.7 Å². The molecule has 0 unspecified atom stereocenters. The summed E-state index contributed by atoms with van der Waals surface area (Å²) < 4.78 is 41.6. The van der Waals surface area contributed by atoms with Crippen molar-refractivity contribution in [1.29, 1.82) is 0 Å². The molecule has 3 aliphatic heterocycles. The summed E-state index contributed by atoms with van der Waals surface area (Å²) in [6.45, 7) is 11.9. The quantitative estimate of drug-likeness (QED) is 0.158. The van der Waals surface area contributed by atoms with Crippen LogP contribution < -0.4 is 5.32 Å². The third-order valence-corrected chi connectivity index (χ3v) is 8.93. The van der Waals surface area contributed by atoms with Crippen LogP contribution in [-0.2, 0) is 42.7 Å². The van der Waals surface area contributed by atoms with E-state index >= 15 is 0 Å². The highest BCUT2D eigenvalue weighted by Crippen LogP contribution is 2.44. The van der Waals surface area contributed by atoms with Gasteiger partial charge in [0.05, 0.1) is 24.4 Å². The summed E-state index contributed by atoms with van der Waals surface area (Å²) in [6.07, 6.45) is 5.69. The maximum absolute atomic E-state index is 13.4. The highest BCUT2D eigenvalue weighted by atomic mass is 16.7. The molecule has 12 heteroatoms. The van der Waals surface area contributed by atoms with E-state index in [1.807, 2.05) is 45.9 Å². The van der Waals surface area contributed by atoms with E-state index in [4.69, 9.17) is 38.3 Å². The lowest BCUT2D eigenvalue weighted by molar-refractivity contribution is -0.332. The predicted octanol–water partition coefficient (Wildman–Crippen LogP) is 2.86. The normalized spacial score (nSPS) is 35.5. The molecule has 0 aliphatic carbocycles. The van der Waals surface area contributed by atoms with Crippen molar-refractivity contribution >= 4 is 11.9 Å². The zero-order valence-corrected chi connectivity index (χ0v) is 26.8. The number of fused-ring (bicyclic) bond motifs is 1. The molecule has 3 saturated heterocycles. The van der Waals surface area contributed by atoms with Crippen molar-refractivity contribution in [2.75, 3.05) is 28.1 Å². The first-order valence-electron chi connectivity index (χ1n) is 14.9. The molecule has 1 amide bonds. The zero-order valence-electron chi connectivity index (χ0n) is 26.8. The standard InChI is InChI=1S/C32H49NO11/c1-19-17-32(40-8,44-21(3)20(19)2)27(36)29(37)33-30-26-25(41-18-42-30)28(39-7)31(4,5)23(43-26)16-22(38-6)14-12-10-9-11-13-15-24(34)35/h9,11-15,20-23,25-28,30,36H,1,10,16-18H2,2-8H3,(H,33,37)(H,34,35)/b11-9+,14-12+,15-13+/t20-,21-,22+,23-,25+,26+,27-,28-,30+,32-/m1/s1. The first-order valence-corrected chi connectivity index (χ1v) is 14.9. The van der Waals surface area contributed by atoms with Gasteiger partial charge in [-0.2, -0.15) is 0 Å². The van der Waals surface area contributed by atoms with Crippen LogP contribution in [0.1, 0.15) is 47.0 Å². The van der Waals surface area contributed by atoms with Crippen molar-refractivity contribution in [2.24, 2.45) is 11.3 Å². The molecule has 0 radical (unpaired) electrons. The van der Waals surface area contributed by atoms with Crippen LogP contribution in [0.25, 0.3) is 0 Å². The third-order valence-electron chi connectivity index (χ3n) is 8.93. The fourth-order valence-corrected chi connectivity index (χ4v) is 6.00. The first-order chi connectivity index (χ1) is 20.8. The smallest absolute Gasteiger partial charge is 0.328 e. The van der Waals surface area contributed by atoms with Crippen molar-refractivity contribution < 1.29 is 53.0 Å². The topological polar surface area (TPSA) is 151 Å². The van der Waals surface area contributed by atoms with Crippen molar-refractivity contribution in [3.05, 3.63) is 48.6 Å². The molecule has 3 N–H and O–H groups in total. The molecular formula is C32H49NO11. The molecule has 0 bridgehead atoms. The van der Waals surface area contributed by atoms with Gasteiger partial charge in [0.2, 0.25) is 5.79 Å². The number of carboxylic acid groups (broad SMARTS) is 1. The monoisotopic (exact) mass is 623 g/mol. The van der Waals surface area contributed by atoms with Gasteiger partial charge in [0.15, 0.2) is 12.3 Å². The lowest BCUT2D eigenvalue weighted by Crippen LogP contribution is -2.69. The van der Waals surface area contributed by atoms with E-state index in [9.17, 15) is 14.7 Å². The number of aliphatic carboxylic acids is 1. The summed E-state index contributed by atoms with van der Waals surface area (Å²) in [7, 11) is 4.61. The van der Waals surface area contributed by atoms with E-state index in [0.29, 0.717) is 12.8 Å². The van der Waals surface area contributed by atoms with Gasteiger partial charge in [0.1, 0.15) is 19.0 Å². The Kier molecular flexibility index (Phi) is 12.9. The van der Waals surface area contributed by atoms with Gasteiger partial charge in [0, 0.05) is 51.6 Å². The number of aliphatic hydroxyl groups excluding tert-OH is 1. The van der Waals surface area contributed by atoms with Gasteiger partial charge in [0.25, 0.3) is 5.91 Å². The number of hydrogen-bond acceptors (Lipinski definition) is 10. The van der Waals surface area contributed by atoms with Crippen LogP contribution in [0, 0.1) is 11.3 Å². The molecule has 0 saturated carbocycles. The number of carbonyl (C=O) groups excluding carboxylic acids is 1. The Balaban J connectivity index is 1.74. The molecule has 248 valence electrons. The maximum Gasteiger partial charge on any atom is 0.328 e. The van der Waals surface area contributed by atoms with E-state index in [1.165, 1.54) is 13.2 Å². The SMILES string of the molecule is C=C1C[C@](OC)([C@H](O)C(=O)N[C@H]2OCO[C@H]3[C@@H]2O[C@H](C[C@H](/C=C/C/C=C/C=C/C(=O)O)OC)C(C)(C)[C@@H]3OC)O[C@H](C)[C@@H]1C. The second kappa shape index (κ2) is 15.7. The lowest BCUT2D eigenvalue weighted by atomic mass is 9.72. The van der Waals surface area contributed by atoms with Crippen molar-refractivity contribution in [3.63, 3.8) is 0 Å². The summed E-state index contributed by atoms with van der Waals surface area (Å²) in [6, 6.07) is 0. The number of aliphatic hydroxyl groups is 1. The van der Waals surface area contributed by atoms with Crippen molar-refractivity contribution in [1.82, 2.24) is 5.32 Å². The largest absolute Gasteiger partial charge is 0.478 e. The Morgan fingerprint density at radius 2 is 1.86 bits per heavy atom. The summed E-state index contributed by atoms with van der Waals surface area (Å²) in [5.74, 6) is -3.30. The minimum absolute atomic E-state index is 0.0400. The predicted molar refractivity (Wildman–Crippen MR) is 160 cm³/mol. The second-order valence-corrected chi connectivity index (χ2v) is 12.1. The van der Waals surface area contributed by atoms with Crippen LogP contribution in [0.3, 0.4) is 0 Å². The molecule has 3 aliphatic rings. The van der Waals surface area contributed by atoms with Crippen molar-refractivity contribution in [2.45, 2.75) is 102 Å². The number of hydrogen-bond donors (Lipinski definition) is 3. The molecule has 3 rings (SSSR count). The summed E-state index contributed by atoms with van der Waals surface area (Å²) in [5.41, 5.74) is 0.299. The van der Waals surface area contributed by atoms with E-state index in [2.05, 4.69) is 11.9 Å². The average Bonchev–Trinajstić information content (AvgIpc) is 2.98. The Bertz CT molecular complexity index is 1090. The van der Waals surface area contributed by atoms with E-state index in [0.717, 1.165) is 11.6 Å². The highest BCUT2D eigenvalue weighted by Gasteiger charge is 2.57. The van der Waals surface area contributed by atoms with Gasteiger partial charge >= 0.3 is 5.97 Å². The molecule has 44 heavy (non-hydrogen) atoms. The molecule has 0 aromatic rings. The number of rotatable bonds is 13. The highest BCUT2D eigenvalue weighted by molar-refractivity contribution is 5.82. The average molecular weight is 624 g/mol. The molecular weight excluding hydrogens is 574 g/mol. The Morgan fingerprint density at radius 3 is 2.48 bits per heavy atom. The van der Waals surface area contributed by atoms with Crippen molar-refractivity contribution in [3.8, 4) is 0 Å². The van der Waals surface area contributed by atoms with Gasteiger partial charge in [-0.15, -0.1) is 0 Å². The summed E-state index contributed by atoms with van der Waals surface area (Å²) in [4.78, 5) is 24.0. The van der Waals surface area contributed by atoms with Gasteiger partial charge in [-0.3, -0.25) is 4.79 Å². The molecule has 10 atom stereocenters. The number of methoxy groups -OCH3 is 3. The van der Waals surface area contributed by atoms with E-state index < -0.39 is 59.8 Å². The van der Waals surface area contributed by atoms with Gasteiger partial charge in [-0.05, 0) is 13.3 Å². The van der Waals surface area contributed by atoms with Crippen LogP contribution in [0.5, 0.6) is 0 Å². The number of allylic oxidation sites excluding steroid dienone is 4. The molecule has 0 spiro atoms. The molecule has 3 fully saturated rings. The summed E-state index contributed by atoms with van der Waals surface area (Å²) in [5, 5.41) is 22.6. The molecule has 3 heterocycles. The third kappa shape index (κ3) is 8.24. The number of carboxylic acids is 1. The zero-order chi connectivity index (χ0) is 32.7. The van der Waals surface area contributed by atoms with E-state index in [1.54, 1.807) is 20.3 Å². The second-order valence-electron chi connectivity index (χ2n) is 12.1. The Hall–Kier alpha value is -2.42. The van der Waals surface area contributed by atoms with Crippen LogP contribution in [-0.4, -0.2) is 105 Å². The number of amides is 1. The Labute approximate surface area is 260 Å². The van der Waals surface area contributed by atoms with Crippen LogP contribution in [0.4, 0.5) is 0 Å².